The number of ether oxygens (including phenoxy) is 1. The van der Waals surface area contributed by atoms with Crippen molar-refractivity contribution in [1.29, 1.82) is 0 Å². The third kappa shape index (κ3) is 5.13. The Bertz CT molecular complexity index is 1090. The van der Waals surface area contributed by atoms with E-state index in [-0.39, 0.29) is 24.6 Å². The summed E-state index contributed by atoms with van der Waals surface area (Å²) in [6.07, 6.45) is -0.0901. The molecule has 1 atom stereocenters. The number of esters is 1. The van der Waals surface area contributed by atoms with Crippen LogP contribution in [0, 0.1) is 36.8 Å². The molecule has 32 heavy (non-hydrogen) atoms. The van der Waals surface area contributed by atoms with Gasteiger partial charge in [-0.3, -0.25) is 24.5 Å². The minimum Gasteiger partial charge on any atom is -0.455 e. The number of benzene rings is 2. The number of rotatable bonds is 6. The lowest BCUT2D eigenvalue weighted by atomic mass is 10.1. The van der Waals surface area contributed by atoms with Crippen LogP contribution >= 0.6 is 15.9 Å². The molecule has 0 spiro atoms. The summed E-state index contributed by atoms with van der Waals surface area (Å²) in [5.41, 5.74) is 3.23. The number of nitrogens with zero attached hydrogens (tertiary/aromatic N) is 2. The van der Waals surface area contributed by atoms with Crippen molar-refractivity contribution in [2.45, 2.75) is 27.2 Å². The minimum absolute atomic E-state index is 0.0323. The van der Waals surface area contributed by atoms with Crippen LogP contribution in [-0.2, 0) is 19.1 Å². The molecule has 168 valence electrons. The fourth-order valence-electron chi connectivity index (χ4n) is 3.55. The first kappa shape index (κ1) is 23.4. The summed E-state index contributed by atoms with van der Waals surface area (Å²) >= 11 is 3.46. The maximum Gasteiger partial charge on any atom is 0.311 e. The van der Waals surface area contributed by atoms with Crippen LogP contribution in [0.5, 0.6) is 0 Å². The fourth-order valence-corrected chi connectivity index (χ4v) is 3.78. The van der Waals surface area contributed by atoms with E-state index in [0.29, 0.717) is 16.9 Å². The molecule has 1 fully saturated rings. The maximum atomic E-state index is 12.4. The van der Waals surface area contributed by atoms with Crippen LogP contribution in [-0.4, -0.2) is 35.9 Å². The van der Waals surface area contributed by atoms with Crippen molar-refractivity contribution in [2.75, 3.05) is 23.4 Å². The Kier molecular flexibility index (Phi) is 6.93. The third-order valence-electron chi connectivity index (χ3n) is 5.23. The van der Waals surface area contributed by atoms with E-state index < -0.39 is 29.3 Å². The van der Waals surface area contributed by atoms with E-state index in [4.69, 9.17) is 4.74 Å². The lowest BCUT2D eigenvalue weighted by Gasteiger charge is -2.17. The summed E-state index contributed by atoms with van der Waals surface area (Å²) in [6.45, 7) is 4.96. The predicted molar refractivity (Wildman–Crippen MR) is 121 cm³/mol. The number of halogens is 1. The highest BCUT2D eigenvalue weighted by Crippen LogP contribution is 2.30. The monoisotopic (exact) mass is 503 g/mol. The summed E-state index contributed by atoms with van der Waals surface area (Å²) in [6, 6.07) is 8.07. The Balaban J connectivity index is 1.58. The second-order valence-corrected chi connectivity index (χ2v) is 8.51. The van der Waals surface area contributed by atoms with Crippen LogP contribution in [0.1, 0.15) is 23.1 Å². The molecular weight excluding hydrogens is 482 g/mol. The molecule has 0 aliphatic carbocycles. The van der Waals surface area contributed by atoms with Crippen molar-refractivity contribution in [3.05, 3.63) is 61.6 Å². The van der Waals surface area contributed by atoms with Gasteiger partial charge in [-0.25, -0.2) is 0 Å². The van der Waals surface area contributed by atoms with Crippen LogP contribution in [0.2, 0.25) is 0 Å². The van der Waals surface area contributed by atoms with Gasteiger partial charge in [-0.1, -0.05) is 22.0 Å². The predicted octanol–water partition coefficient (Wildman–Crippen LogP) is 3.82. The first-order valence-corrected chi connectivity index (χ1v) is 10.6. The highest BCUT2D eigenvalue weighted by Gasteiger charge is 2.37. The summed E-state index contributed by atoms with van der Waals surface area (Å²) < 4.78 is 6.07. The molecule has 1 N–H and O–H groups in total. The van der Waals surface area contributed by atoms with Crippen molar-refractivity contribution in [3.8, 4) is 0 Å². The lowest BCUT2D eigenvalue weighted by molar-refractivity contribution is -0.385. The molecule has 10 heteroatoms. The molecule has 0 unspecified atom stereocenters. The zero-order chi connectivity index (χ0) is 23.6. The smallest absolute Gasteiger partial charge is 0.311 e. The topological polar surface area (TPSA) is 119 Å². The molecule has 2 aromatic carbocycles. The maximum absolute atomic E-state index is 12.4. The molecule has 0 saturated carbocycles. The van der Waals surface area contributed by atoms with Gasteiger partial charge < -0.3 is 15.0 Å². The van der Waals surface area contributed by atoms with E-state index in [1.807, 2.05) is 13.8 Å². The van der Waals surface area contributed by atoms with Crippen molar-refractivity contribution >= 4 is 50.8 Å². The van der Waals surface area contributed by atoms with Crippen LogP contribution in [0.3, 0.4) is 0 Å². The largest absolute Gasteiger partial charge is 0.455 e. The Labute approximate surface area is 193 Å². The van der Waals surface area contributed by atoms with Gasteiger partial charge in [-0.05, 0) is 50.1 Å². The fraction of sp³-hybridized carbons (Fsp3) is 0.318. The number of nitrogens with one attached hydrogen (secondary N) is 1. The molecule has 1 aliphatic rings. The zero-order valence-electron chi connectivity index (χ0n) is 17.8. The Morgan fingerprint density at radius 1 is 1.19 bits per heavy atom. The van der Waals surface area contributed by atoms with Crippen LogP contribution in [0.25, 0.3) is 0 Å². The van der Waals surface area contributed by atoms with E-state index in [1.165, 1.54) is 11.0 Å². The SMILES string of the molecule is Cc1ccc(N2C[C@@H](C(=O)OCC(=O)Nc3cc(C)c(Br)c(C)c3)CC2=O)cc1[N+](=O)[O-]. The molecule has 2 aromatic rings. The Hall–Kier alpha value is -3.27. The zero-order valence-corrected chi connectivity index (χ0v) is 19.4. The van der Waals surface area contributed by atoms with Crippen molar-refractivity contribution < 1.29 is 24.0 Å². The number of nitro groups is 1. The summed E-state index contributed by atoms with van der Waals surface area (Å²) in [5.74, 6) is -2.25. The first-order chi connectivity index (χ1) is 15.1. The quantitative estimate of drug-likeness (QED) is 0.363. The Morgan fingerprint density at radius 2 is 1.84 bits per heavy atom. The molecule has 0 aromatic heterocycles. The van der Waals surface area contributed by atoms with Gasteiger partial charge in [0, 0.05) is 34.8 Å². The number of carbonyl (C=O) groups is 3. The molecule has 1 saturated heterocycles. The van der Waals surface area contributed by atoms with Gasteiger partial charge >= 0.3 is 5.97 Å². The van der Waals surface area contributed by atoms with E-state index in [9.17, 15) is 24.5 Å². The van der Waals surface area contributed by atoms with Gasteiger partial charge in [0.05, 0.1) is 16.5 Å². The second kappa shape index (κ2) is 9.47. The Morgan fingerprint density at radius 3 is 2.47 bits per heavy atom. The van der Waals surface area contributed by atoms with Crippen molar-refractivity contribution in [3.63, 3.8) is 0 Å². The van der Waals surface area contributed by atoms with Gasteiger partial charge in [0.1, 0.15) is 0 Å². The van der Waals surface area contributed by atoms with E-state index >= 15 is 0 Å². The number of carbonyl (C=O) groups excluding carboxylic acids is 3. The molecule has 1 heterocycles. The second-order valence-electron chi connectivity index (χ2n) is 7.71. The average molecular weight is 504 g/mol. The number of nitro benzene ring substituents is 1. The molecule has 1 aliphatic heterocycles. The summed E-state index contributed by atoms with van der Waals surface area (Å²) in [5, 5.41) is 13.8. The van der Waals surface area contributed by atoms with Gasteiger partial charge in [-0.15, -0.1) is 0 Å². The molecular formula is C22H22BrN3O6. The number of hydrogen-bond acceptors (Lipinski definition) is 6. The van der Waals surface area contributed by atoms with Gasteiger partial charge in [0.25, 0.3) is 11.6 Å². The minimum atomic E-state index is -0.757. The van der Waals surface area contributed by atoms with Crippen LogP contribution in [0.15, 0.2) is 34.8 Å². The summed E-state index contributed by atoms with van der Waals surface area (Å²) in [4.78, 5) is 49.0. The lowest BCUT2D eigenvalue weighted by Crippen LogP contribution is -2.28. The highest BCUT2D eigenvalue weighted by molar-refractivity contribution is 9.10. The molecule has 2 amide bonds. The van der Waals surface area contributed by atoms with Gasteiger partial charge in [0.2, 0.25) is 5.91 Å². The molecule has 9 nitrogen and oxygen atoms in total. The normalized spacial score (nSPS) is 15.6. The van der Waals surface area contributed by atoms with Gasteiger partial charge in [0.15, 0.2) is 6.61 Å². The average Bonchev–Trinajstić information content (AvgIpc) is 3.12. The van der Waals surface area contributed by atoms with Crippen molar-refractivity contribution in [1.82, 2.24) is 0 Å². The standard InChI is InChI=1S/C22H22BrN3O6/c1-12-4-5-17(9-18(12)26(30)31)25-10-15(8-20(25)28)22(29)32-11-19(27)24-16-6-13(2)21(23)14(3)7-16/h4-7,9,15H,8,10-11H2,1-3H3,(H,24,27)/t15-/m0/s1. The molecule has 0 bridgehead atoms. The highest BCUT2D eigenvalue weighted by atomic mass is 79.9. The number of aryl methyl sites for hydroxylation is 3. The number of anilines is 2. The first-order valence-electron chi connectivity index (χ1n) is 9.85. The van der Waals surface area contributed by atoms with E-state index in [0.717, 1.165) is 15.6 Å². The molecule has 0 radical (unpaired) electrons. The molecule has 3 rings (SSSR count). The third-order valence-corrected chi connectivity index (χ3v) is 6.48. The van der Waals surface area contributed by atoms with Gasteiger partial charge in [-0.2, -0.15) is 0 Å². The number of hydrogen-bond donors (Lipinski definition) is 1. The van der Waals surface area contributed by atoms with E-state index in [1.54, 1.807) is 31.2 Å². The summed E-state index contributed by atoms with van der Waals surface area (Å²) in [7, 11) is 0. The van der Waals surface area contributed by atoms with Crippen LogP contribution < -0.4 is 10.2 Å². The van der Waals surface area contributed by atoms with E-state index in [2.05, 4.69) is 21.2 Å². The number of amides is 2. The van der Waals surface area contributed by atoms with Crippen molar-refractivity contribution in [2.24, 2.45) is 5.92 Å². The van der Waals surface area contributed by atoms with Crippen LogP contribution in [0.4, 0.5) is 17.1 Å².